The van der Waals surface area contributed by atoms with E-state index in [9.17, 15) is 4.79 Å². The number of piperidine rings is 1. The van der Waals surface area contributed by atoms with Gasteiger partial charge in [0.15, 0.2) is 0 Å². The van der Waals surface area contributed by atoms with E-state index in [-0.39, 0.29) is 5.91 Å². The molecule has 4 aromatic rings. The molecule has 1 N–H and O–H groups in total. The summed E-state index contributed by atoms with van der Waals surface area (Å²) >= 11 is 0. The van der Waals surface area contributed by atoms with Gasteiger partial charge in [0.25, 0.3) is 5.91 Å². The number of morpholine rings is 1. The van der Waals surface area contributed by atoms with Gasteiger partial charge in [-0.15, -0.1) is 0 Å². The van der Waals surface area contributed by atoms with Crippen molar-refractivity contribution in [2.45, 2.75) is 18.9 Å². The van der Waals surface area contributed by atoms with Crippen molar-refractivity contribution in [2.24, 2.45) is 0 Å². The molecule has 2 aromatic carbocycles. The quantitative estimate of drug-likeness (QED) is 0.320. The van der Waals surface area contributed by atoms with Gasteiger partial charge in [0, 0.05) is 79.8 Å². The fraction of sp³-hybridized carbons (Fsp3) is 0.444. The van der Waals surface area contributed by atoms with Gasteiger partial charge < -0.3 is 33.9 Å². The Morgan fingerprint density at radius 2 is 1.52 bits per heavy atom. The Labute approximate surface area is 270 Å². The molecule has 10 nitrogen and oxygen atoms in total. The van der Waals surface area contributed by atoms with Crippen molar-refractivity contribution in [2.75, 3.05) is 91.7 Å². The number of aromatic amines is 1. The summed E-state index contributed by atoms with van der Waals surface area (Å²) in [6.45, 7) is 8.76. The highest BCUT2D eigenvalue weighted by Crippen LogP contribution is 2.43. The Balaban J connectivity index is 1.12. The van der Waals surface area contributed by atoms with Crippen LogP contribution in [0, 0.1) is 0 Å². The van der Waals surface area contributed by atoms with E-state index in [4.69, 9.17) is 19.2 Å². The number of H-pyrrole nitrogens is 1. The van der Waals surface area contributed by atoms with Crippen LogP contribution < -0.4 is 14.4 Å². The highest BCUT2D eigenvalue weighted by atomic mass is 16.5. The van der Waals surface area contributed by atoms with Gasteiger partial charge in [0.1, 0.15) is 22.8 Å². The predicted molar refractivity (Wildman–Crippen MR) is 181 cm³/mol. The second-order valence-corrected chi connectivity index (χ2v) is 12.6. The van der Waals surface area contributed by atoms with E-state index < -0.39 is 0 Å². The first-order valence-electron chi connectivity index (χ1n) is 16.4. The maximum atomic E-state index is 13.0. The van der Waals surface area contributed by atoms with Crippen molar-refractivity contribution in [3.8, 4) is 33.8 Å². The highest BCUT2D eigenvalue weighted by molar-refractivity contribution is 5.98. The number of amides is 1. The van der Waals surface area contributed by atoms with Crippen molar-refractivity contribution >= 4 is 22.6 Å². The number of rotatable bonds is 7. The summed E-state index contributed by atoms with van der Waals surface area (Å²) in [5.41, 5.74) is 6.52. The maximum Gasteiger partial charge on any atom is 0.254 e. The zero-order valence-electron chi connectivity index (χ0n) is 27.1. The van der Waals surface area contributed by atoms with Crippen LogP contribution >= 0.6 is 0 Å². The summed E-state index contributed by atoms with van der Waals surface area (Å²) in [6.07, 6.45) is 6.37. The minimum atomic E-state index is 0.0446. The Morgan fingerprint density at radius 1 is 0.848 bits per heavy atom. The van der Waals surface area contributed by atoms with Crippen LogP contribution in [0.1, 0.15) is 23.2 Å². The molecule has 3 aliphatic rings. The number of pyridine rings is 1. The molecule has 10 heteroatoms. The average molecular weight is 625 g/mol. The molecule has 3 fully saturated rings. The van der Waals surface area contributed by atoms with Gasteiger partial charge in [-0.3, -0.25) is 9.69 Å². The topological polar surface area (TPSA) is 86.4 Å². The number of ether oxygens (including phenoxy) is 3. The molecule has 5 heterocycles. The van der Waals surface area contributed by atoms with Crippen molar-refractivity contribution in [1.29, 1.82) is 0 Å². The second-order valence-electron chi connectivity index (χ2n) is 12.6. The Hall–Kier alpha value is -4.12. The Bertz CT molecular complexity index is 1640. The normalized spacial score (nSPS) is 18.7. The summed E-state index contributed by atoms with van der Waals surface area (Å²) in [4.78, 5) is 30.4. The van der Waals surface area contributed by atoms with E-state index in [0.717, 1.165) is 76.7 Å². The van der Waals surface area contributed by atoms with E-state index in [1.165, 1.54) is 25.9 Å². The number of nitrogens with zero attached hydrogens (tertiary/aromatic N) is 5. The molecule has 7 rings (SSSR count). The molecular formula is C36H44N6O4. The van der Waals surface area contributed by atoms with E-state index in [0.29, 0.717) is 37.9 Å². The molecule has 0 spiro atoms. The van der Waals surface area contributed by atoms with Crippen LogP contribution in [-0.4, -0.2) is 123 Å². The fourth-order valence-electron chi connectivity index (χ4n) is 7.18. The lowest BCUT2D eigenvalue weighted by molar-refractivity contribution is 0.0303. The van der Waals surface area contributed by atoms with Crippen LogP contribution in [0.5, 0.6) is 11.5 Å². The van der Waals surface area contributed by atoms with E-state index in [1.807, 2.05) is 41.6 Å². The summed E-state index contributed by atoms with van der Waals surface area (Å²) in [5.74, 6) is 1.65. The minimum absolute atomic E-state index is 0.0446. The average Bonchev–Trinajstić information content (AvgIpc) is 3.55. The fourth-order valence-corrected chi connectivity index (χ4v) is 7.18. The van der Waals surface area contributed by atoms with E-state index in [1.54, 1.807) is 14.2 Å². The van der Waals surface area contributed by atoms with Gasteiger partial charge in [0.2, 0.25) is 0 Å². The number of carbonyl (C=O) groups is 1. The van der Waals surface area contributed by atoms with E-state index >= 15 is 0 Å². The van der Waals surface area contributed by atoms with Gasteiger partial charge in [-0.05, 0) is 74.4 Å². The van der Waals surface area contributed by atoms with Gasteiger partial charge in [-0.2, -0.15) is 0 Å². The minimum Gasteiger partial charge on any atom is -0.494 e. The first-order chi connectivity index (χ1) is 22.5. The summed E-state index contributed by atoms with van der Waals surface area (Å²) in [7, 11) is 5.68. The number of hydrogen-bond acceptors (Lipinski definition) is 8. The molecule has 0 unspecified atom stereocenters. The number of nitrogens with one attached hydrogen (secondary N) is 1. The standard InChI is InChI=1S/C36H44N6O4/c1-39-10-8-29(9-11-39)40-12-14-41(15-13-40)34-32(44-2)21-27(22-33(34)45-3)28-20-30-31(24-38-35(30)37-23-28)25-4-6-26(7-5-25)36(43)42-16-18-46-19-17-42/h4-7,20-24,29H,8-19H2,1-3H3,(H,37,38). The van der Waals surface area contributed by atoms with Crippen molar-refractivity contribution < 1.29 is 19.0 Å². The van der Waals surface area contributed by atoms with Crippen LogP contribution in [-0.2, 0) is 4.74 Å². The predicted octanol–water partition coefficient (Wildman–Crippen LogP) is 4.60. The highest BCUT2D eigenvalue weighted by Gasteiger charge is 2.29. The smallest absolute Gasteiger partial charge is 0.254 e. The third-order valence-electron chi connectivity index (χ3n) is 9.92. The summed E-state index contributed by atoms with van der Waals surface area (Å²) < 4.78 is 17.4. The van der Waals surface area contributed by atoms with E-state index in [2.05, 4.69) is 44.9 Å². The largest absolute Gasteiger partial charge is 0.494 e. The third-order valence-corrected chi connectivity index (χ3v) is 9.92. The van der Waals surface area contributed by atoms with Gasteiger partial charge in [-0.1, -0.05) is 12.1 Å². The lowest BCUT2D eigenvalue weighted by atomic mass is 10.00. The number of aromatic nitrogens is 2. The molecule has 0 radical (unpaired) electrons. The number of hydrogen-bond donors (Lipinski definition) is 1. The second kappa shape index (κ2) is 13.3. The zero-order chi connectivity index (χ0) is 31.6. The lowest BCUT2D eigenvalue weighted by Crippen LogP contribution is -2.53. The first-order valence-corrected chi connectivity index (χ1v) is 16.4. The molecular weight excluding hydrogens is 580 g/mol. The van der Waals surface area contributed by atoms with Crippen LogP contribution in [0.25, 0.3) is 33.3 Å². The van der Waals surface area contributed by atoms with Gasteiger partial charge in [-0.25, -0.2) is 4.98 Å². The van der Waals surface area contributed by atoms with Crippen LogP contribution in [0.2, 0.25) is 0 Å². The number of fused-ring (bicyclic) bond motifs is 1. The number of piperazine rings is 1. The Morgan fingerprint density at radius 3 is 2.17 bits per heavy atom. The summed E-state index contributed by atoms with van der Waals surface area (Å²) in [6, 6.07) is 14.9. The molecule has 0 atom stereocenters. The van der Waals surface area contributed by atoms with Gasteiger partial charge >= 0.3 is 0 Å². The molecule has 0 aliphatic carbocycles. The molecule has 242 valence electrons. The molecule has 46 heavy (non-hydrogen) atoms. The van der Waals surface area contributed by atoms with Crippen molar-refractivity contribution in [1.82, 2.24) is 24.7 Å². The van der Waals surface area contributed by atoms with Gasteiger partial charge in [0.05, 0.1) is 27.4 Å². The Kier molecular flexibility index (Phi) is 8.84. The number of carbonyl (C=O) groups excluding carboxylic acids is 1. The number of benzene rings is 2. The lowest BCUT2D eigenvalue weighted by Gasteiger charge is -2.43. The van der Waals surface area contributed by atoms with Crippen LogP contribution in [0.3, 0.4) is 0 Å². The summed E-state index contributed by atoms with van der Waals surface area (Å²) in [5, 5.41) is 1.01. The number of methoxy groups -OCH3 is 2. The third kappa shape index (κ3) is 6.04. The van der Waals surface area contributed by atoms with Crippen LogP contribution in [0.15, 0.2) is 54.9 Å². The molecule has 3 aliphatic heterocycles. The molecule has 0 bridgehead atoms. The molecule has 3 saturated heterocycles. The van der Waals surface area contributed by atoms with Crippen molar-refractivity contribution in [3.63, 3.8) is 0 Å². The zero-order valence-corrected chi connectivity index (χ0v) is 27.1. The molecule has 0 saturated carbocycles. The number of likely N-dealkylation sites (tertiary alicyclic amines) is 1. The number of anilines is 1. The SMILES string of the molecule is COc1cc(-c2cnc3[nH]cc(-c4ccc(C(=O)N5CCOCC5)cc4)c3c2)cc(OC)c1N1CCN(C2CCN(C)CC2)CC1. The first kappa shape index (κ1) is 30.5. The molecule has 2 aromatic heterocycles. The van der Waals surface area contributed by atoms with Crippen LogP contribution in [0.4, 0.5) is 5.69 Å². The van der Waals surface area contributed by atoms with Crippen molar-refractivity contribution in [3.05, 3.63) is 60.4 Å². The molecule has 1 amide bonds. The maximum absolute atomic E-state index is 13.0. The monoisotopic (exact) mass is 624 g/mol.